The van der Waals surface area contributed by atoms with Crippen LogP contribution in [-0.2, 0) is 9.59 Å². The Morgan fingerprint density at radius 2 is 1.52 bits per heavy atom. The van der Waals surface area contributed by atoms with Crippen LogP contribution in [0.15, 0.2) is 63.9 Å². The molecular formula is C18H15N2O2S. The summed E-state index contributed by atoms with van der Waals surface area (Å²) >= 11 is 1.61. The first-order chi connectivity index (χ1) is 11.1. The van der Waals surface area contributed by atoms with E-state index in [-0.39, 0.29) is 12.1 Å². The molecule has 3 rings (SSSR count). The van der Waals surface area contributed by atoms with Gasteiger partial charge in [-0.3, -0.25) is 9.59 Å². The number of hydrogen-bond acceptors (Lipinski definition) is 3. The SMILES string of the molecule is [CH2]CNC(=O)C(C(N)=O)=C1c2ccccc2Sc2ccccc21. The minimum absolute atomic E-state index is 0.0335. The normalized spacial score (nSPS) is 12.1. The molecule has 2 amide bonds. The summed E-state index contributed by atoms with van der Waals surface area (Å²) < 4.78 is 0. The van der Waals surface area contributed by atoms with Crippen LogP contribution in [0.25, 0.3) is 5.57 Å². The molecule has 0 saturated carbocycles. The third kappa shape index (κ3) is 2.75. The molecule has 0 atom stereocenters. The Balaban J connectivity index is 2.34. The van der Waals surface area contributed by atoms with Crippen molar-refractivity contribution < 1.29 is 9.59 Å². The number of nitrogens with two attached hydrogens (primary N) is 1. The Kier molecular flexibility index (Phi) is 4.21. The average molecular weight is 323 g/mol. The molecule has 2 aromatic carbocycles. The van der Waals surface area contributed by atoms with Gasteiger partial charge in [-0.1, -0.05) is 48.2 Å². The number of carbonyl (C=O) groups is 2. The van der Waals surface area contributed by atoms with Gasteiger partial charge in [0.05, 0.1) is 0 Å². The van der Waals surface area contributed by atoms with E-state index in [1.807, 2.05) is 48.5 Å². The zero-order valence-electron chi connectivity index (χ0n) is 12.3. The second kappa shape index (κ2) is 6.30. The summed E-state index contributed by atoms with van der Waals surface area (Å²) in [5, 5.41) is 2.57. The van der Waals surface area contributed by atoms with Gasteiger partial charge in [0.15, 0.2) is 0 Å². The van der Waals surface area contributed by atoms with Crippen LogP contribution in [0.3, 0.4) is 0 Å². The van der Waals surface area contributed by atoms with Crippen molar-refractivity contribution in [3.63, 3.8) is 0 Å². The first-order valence-electron chi connectivity index (χ1n) is 7.11. The summed E-state index contributed by atoms with van der Waals surface area (Å²) in [7, 11) is 0. The molecule has 0 saturated heterocycles. The second-order valence-corrected chi connectivity index (χ2v) is 6.05. The lowest BCUT2D eigenvalue weighted by Crippen LogP contribution is -2.32. The van der Waals surface area contributed by atoms with Crippen LogP contribution < -0.4 is 11.1 Å². The van der Waals surface area contributed by atoms with E-state index in [2.05, 4.69) is 12.2 Å². The molecule has 0 bridgehead atoms. The van der Waals surface area contributed by atoms with E-state index in [1.165, 1.54) is 0 Å². The summed E-state index contributed by atoms with van der Waals surface area (Å²) in [4.78, 5) is 26.4. The van der Waals surface area contributed by atoms with Crippen molar-refractivity contribution in [1.82, 2.24) is 5.32 Å². The largest absolute Gasteiger partial charge is 0.365 e. The molecule has 0 aliphatic carbocycles. The van der Waals surface area contributed by atoms with Crippen LogP contribution in [0.1, 0.15) is 11.1 Å². The smallest absolute Gasteiger partial charge is 0.257 e. The average Bonchev–Trinajstić information content (AvgIpc) is 2.54. The molecule has 5 heteroatoms. The Morgan fingerprint density at radius 3 is 2.00 bits per heavy atom. The molecule has 23 heavy (non-hydrogen) atoms. The van der Waals surface area contributed by atoms with Crippen LogP contribution in [0, 0.1) is 6.92 Å². The van der Waals surface area contributed by atoms with Gasteiger partial charge in [-0.15, -0.1) is 0 Å². The van der Waals surface area contributed by atoms with E-state index >= 15 is 0 Å². The Morgan fingerprint density at radius 1 is 1.00 bits per heavy atom. The van der Waals surface area contributed by atoms with E-state index in [4.69, 9.17) is 5.73 Å². The van der Waals surface area contributed by atoms with Crippen LogP contribution in [0.2, 0.25) is 0 Å². The zero-order chi connectivity index (χ0) is 16.4. The fraction of sp³-hybridized carbons (Fsp3) is 0.0556. The van der Waals surface area contributed by atoms with Crippen LogP contribution in [0.4, 0.5) is 0 Å². The summed E-state index contributed by atoms with van der Waals surface area (Å²) in [6.45, 7) is 3.77. The van der Waals surface area contributed by atoms with E-state index in [1.54, 1.807) is 11.8 Å². The fourth-order valence-corrected chi connectivity index (χ4v) is 3.70. The van der Waals surface area contributed by atoms with Crippen molar-refractivity contribution >= 4 is 29.1 Å². The number of rotatable bonds is 3. The Labute approximate surface area is 138 Å². The Bertz CT molecular complexity index is 780. The highest BCUT2D eigenvalue weighted by Crippen LogP contribution is 2.46. The second-order valence-electron chi connectivity index (χ2n) is 4.96. The van der Waals surface area contributed by atoms with Crippen molar-refractivity contribution in [3.8, 4) is 0 Å². The Hall–Kier alpha value is -2.53. The molecule has 1 heterocycles. The zero-order valence-corrected chi connectivity index (χ0v) is 13.2. The molecular weight excluding hydrogens is 308 g/mol. The van der Waals surface area contributed by atoms with Crippen molar-refractivity contribution in [2.75, 3.05) is 6.54 Å². The number of hydrogen-bond donors (Lipinski definition) is 2. The van der Waals surface area contributed by atoms with E-state index < -0.39 is 11.8 Å². The lowest BCUT2D eigenvalue weighted by Gasteiger charge is -2.23. The lowest BCUT2D eigenvalue weighted by molar-refractivity contribution is -0.121. The van der Waals surface area contributed by atoms with Crippen molar-refractivity contribution in [3.05, 3.63) is 72.2 Å². The molecule has 2 aromatic rings. The number of amides is 2. The molecule has 3 N–H and O–H groups in total. The third-order valence-corrected chi connectivity index (χ3v) is 4.69. The number of carbonyl (C=O) groups excluding carboxylic acids is 2. The maximum Gasteiger partial charge on any atom is 0.257 e. The molecule has 1 radical (unpaired) electrons. The van der Waals surface area contributed by atoms with Gasteiger partial charge >= 0.3 is 0 Å². The minimum atomic E-state index is -0.748. The standard InChI is InChI=1S/C18H15N2O2S/c1-2-20-18(22)16(17(19)21)15-11-7-3-5-9-13(11)23-14-10-6-4-8-12(14)15/h3-10H,1-2H2,(H2,19,21)(H,20,22). The highest BCUT2D eigenvalue weighted by atomic mass is 32.2. The number of primary amides is 1. The van der Waals surface area contributed by atoms with Gasteiger partial charge < -0.3 is 11.1 Å². The van der Waals surface area contributed by atoms with Gasteiger partial charge in [0.2, 0.25) is 0 Å². The molecule has 0 fully saturated rings. The van der Waals surface area contributed by atoms with Crippen molar-refractivity contribution in [1.29, 1.82) is 0 Å². The summed E-state index contributed by atoms with van der Waals surface area (Å²) in [6, 6.07) is 15.3. The van der Waals surface area contributed by atoms with E-state index in [9.17, 15) is 9.59 Å². The van der Waals surface area contributed by atoms with Crippen molar-refractivity contribution in [2.24, 2.45) is 5.73 Å². The fourth-order valence-electron chi connectivity index (χ4n) is 2.61. The van der Waals surface area contributed by atoms with Crippen LogP contribution in [0.5, 0.6) is 0 Å². The predicted molar refractivity (Wildman–Crippen MR) is 90.6 cm³/mol. The molecule has 4 nitrogen and oxygen atoms in total. The first kappa shape index (κ1) is 15.4. The van der Waals surface area contributed by atoms with E-state index in [0.29, 0.717) is 5.57 Å². The maximum atomic E-state index is 12.4. The molecule has 1 aliphatic rings. The van der Waals surface area contributed by atoms with Gasteiger partial charge in [-0.2, -0.15) is 0 Å². The summed E-state index contributed by atoms with van der Waals surface area (Å²) in [5.74, 6) is -1.25. The lowest BCUT2D eigenvalue weighted by atomic mass is 9.91. The molecule has 0 spiro atoms. The van der Waals surface area contributed by atoms with Crippen LogP contribution >= 0.6 is 11.8 Å². The van der Waals surface area contributed by atoms with Gasteiger partial charge in [-0.25, -0.2) is 0 Å². The minimum Gasteiger partial charge on any atom is -0.365 e. The van der Waals surface area contributed by atoms with Crippen molar-refractivity contribution in [2.45, 2.75) is 9.79 Å². The van der Waals surface area contributed by atoms with Gasteiger partial charge in [0.25, 0.3) is 11.8 Å². The quantitative estimate of drug-likeness (QED) is 0.442. The van der Waals surface area contributed by atoms with Gasteiger partial charge in [-0.05, 0) is 30.2 Å². The topological polar surface area (TPSA) is 72.2 Å². The number of benzene rings is 2. The number of fused-ring (bicyclic) bond motifs is 2. The van der Waals surface area contributed by atoms with Crippen LogP contribution in [-0.4, -0.2) is 18.4 Å². The maximum absolute atomic E-state index is 12.4. The molecule has 115 valence electrons. The summed E-state index contributed by atoms with van der Waals surface area (Å²) in [5.41, 5.74) is 7.75. The summed E-state index contributed by atoms with van der Waals surface area (Å²) in [6.07, 6.45) is 0. The highest BCUT2D eigenvalue weighted by Gasteiger charge is 2.28. The molecule has 0 aromatic heterocycles. The highest BCUT2D eigenvalue weighted by molar-refractivity contribution is 7.99. The predicted octanol–water partition coefficient (Wildman–Crippen LogP) is 2.39. The number of nitrogens with one attached hydrogen (secondary N) is 1. The van der Waals surface area contributed by atoms with Gasteiger partial charge in [0.1, 0.15) is 5.57 Å². The monoisotopic (exact) mass is 323 g/mol. The molecule has 0 unspecified atom stereocenters. The van der Waals surface area contributed by atoms with Gasteiger partial charge in [0, 0.05) is 21.9 Å². The molecule has 1 aliphatic heterocycles. The van der Waals surface area contributed by atoms with E-state index in [0.717, 1.165) is 20.9 Å². The first-order valence-corrected chi connectivity index (χ1v) is 7.93. The third-order valence-electron chi connectivity index (χ3n) is 3.54.